The Morgan fingerprint density at radius 3 is 1.00 bits per heavy atom. The molecule has 0 amide bonds. The Labute approximate surface area is 164 Å². The quantitative estimate of drug-likeness (QED) is 0.229. The first-order chi connectivity index (χ1) is 0. The summed E-state index contributed by atoms with van der Waals surface area (Å²) >= 11 is 0. The monoisotopic (exact) mass is 935 g/mol. The summed E-state index contributed by atoms with van der Waals surface area (Å²) in [4.78, 5) is 0. The average Bonchev–Trinajstić information content (AvgIpc) is 0. The van der Waals surface area contributed by atoms with Crippen molar-refractivity contribution in [3.63, 3.8) is 0 Å². The van der Waals surface area contributed by atoms with Gasteiger partial charge in [0.15, 0.2) is 0 Å². The van der Waals surface area contributed by atoms with Crippen LogP contribution in [0.2, 0.25) is 0 Å². The number of hydrogen-bond donors (Lipinski definition) is 0. The topological polar surface area (TPSA) is 0 Å². The zero-order valence-corrected chi connectivity index (χ0v) is 32.5. The van der Waals surface area contributed by atoms with Crippen LogP contribution in [0.25, 0.3) is 0 Å². The molecule has 0 bridgehead atoms. The molecule has 3 radical (unpaired) electrons. The van der Waals surface area contributed by atoms with Gasteiger partial charge >= 0.3 is 82.7 Å². The average molecular weight is 929 g/mol. The van der Waals surface area contributed by atoms with Gasteiger partial charge in [-0.3, -0.25) is 0 Å². The van der Waals surface area contributed by atoms with E-state index < -0.39 is 0 Å². The van der Waals surface area contributed by atoms with E-state index >= 15 is 0 Å². The summed E-state index contributed by atoms with van der Waals surface area (Å²) < 4.78 is 0. The maximum absolute atomic E-state index is 0. The van der Waals surface area contributed by atoms with Gasteiger partial charge in [0.05, 0.1) is 0 Å². The van der Waals surface area contributed by atoms with E-state index in [9.17, 15) is 0 Å². The van der Waals surface area contributed by atoms with Crippen molar-refractivity contribution in [2.45, 2.75) is 0 Å². The fraction of sp³-hybridized carbons (Fsp3) is 0. The van der Waals surface area contributed by atoms with Crippen molar-refractivity contribution in [1.29, 1.82) is 0 Å². The summed E-state index contributed by atoms with van der Waals surface area (Å²) in [6.45, 7) is 0. The zero-order valence-electron chi connectivity index (χ0n) is 6.95. The predicted molar refractivity (Wildman–Crippen MR) is 33.6 cm³/mol. The molecule has 0 aliphatic rings. The van der Waals surface area contributed by atoms with Gasteiger partial charge in [0.1, 0.15) is 0 Å². The third-order valence-corrected chi connectivity index (χ3v) is 0. The third-order valence-electron chi connectivity index (χ3n) is 0. The van der Waals surface area contributed by atoms with Crippen molar-refractivity contribution in [2.75, 3.05) is 0 Å². The van der Waals surface area contributed by atoms with Crippen LogP contribution in [-0.2, 0) is 82.3 Å². The first kappa shape index (κ1) is 55.6. The SMILES string of the molecule is [AsH3].[Be+2].[Cd].[Cd].[H-].[H-].[Hg].[PbH2].[TlH]. The van der Waals surface area contributed by atoms with E-state index in [1.807, 2.05) is 0 Å². The van der Waals surface area contributed by atoms with Crippen LogP contribution in [0.5, 0.6) is 0 Å². The summed E-state index contributed by atoms with van der Waals surface area (Å²) in [5, 5.41) is 0. The molecule has 0 aromatic rings. The van der Waals surface area contributed by atoms with Crippen LogP contribution in [0, 0.1) is 0 Å². The molecule has 1 atom stereocenters. The van der Waals surface area contributed by atoms with Gasteiger partial charge in [0.2, 0.25) is 0 Å². The van der Waals surface area contributed by atoms with Crippen molar-refractivity contribution < 1.29 is 85.1 Å². The Kier molecular flexibility index (Phi) is 337. The van der Waals surface area contributed by atoms with Crippen molar-refractivity contribution >= 4 is 82.7 Å². The van der Waals surface area contributed by atoms with E-state index in [0.717, 1.165) is 0 Å². The molecule has 28 valence electrons. The number of hydrogen-bond acceptors (Lipinski definition) is 0. The molecule has 0 saturated carbocycles. The summed E-state index contributed by atoms with van der Waals surface area (Å²) in [5.74, 6) is 0. The predicted octanol–water partition coefficient (Wildman–Crippen LogP) is -2.91. The van der Waals surface area contributed by atoms with Gasteiger partial charge in [0.25, 0.3) is 0 Å². The van der Waals surface area contributed by atoms with Crippen molar-refractivity contribution in [3.05, 3.63) is 0 Å². The summed E-state index contributed by atoms with van der Waals surface area (Å²) in [6.07, 6.45) is 0. The molecule has 1 unspecified atom stereocenters. The second-order valence-electron chi connectivity index (χ2n) is 0. The molecular weight excluding hydrogens is 921 g/mol. The van der Waals surface area contributed by atoms with Crippen LogP contribution in [0.15, 0.2) is 0 Å². The first-order valence-electron chi connectivity index (χ1n) is 0. The molecule has 0 aliphatic heterocycles. The second-order valence-corrected chi connectivity index (χ2v) is 0. The van der Waals surface area contributed by atoms with Crippen molar-refractivity contribution in [1.82, 2.24) is 0 Å². The first-order valence-corrected chi connectivity index (χ1v) is 0. The Bertz CT molecular complexity index is 24.5. The van der Waals surface area contributed by atoms with E-state index in [2.05, 4.69) is 0 Å². The van der Waals surface area contributed by atoms with Gasteiger partial charge < -0.3 is 2.85 Å². The summed E-state index contributed by atoms with van der Waals surface area (Å²) in [6, 6.07) is 0. The molecule has 0 aromatic heterocycles. The minimum absolute atomic E-state index is 0. The van der Waals surface area contributed by atoms with Crippen molar-refractivity contribution in [2.24, 2.45) is 0 Å². The molecule has 0 nitrogen and oxygen atoms in total. The van der Waals surface area contributed by atoms with E-state index in [4.69, 9.17) is 0 Å². The molecule has 0 saturated heterocycles. The zero-order chi connectivity index (χ0) is 0. The number of rotatable bonds is 0. The molecule has 0 aromatic carbocycles. The molecule has 0 fully saturated rings. The molecular formula is H8AsBeCd2HgPbTl. The van der Waals surface area contributed by atoms with E-state index in [-0.39, 0.29) is 168 Å². The van der Waals surface area contributed by atoms with Gasteiger partial charge in [-0.05, 0) is 0 Å². The minimum atomic E-state index is 0. The van der Waals surface area contributed by atoms with Crippen molar-refractivity contribution in [3.8, 4) is 0 Å². The molecule has 0 spiro atoms. The van der Waals surface area contributed by atoms with E-state index in [1.165, 1.54) is 0 Å². The van der Waals surface area contributed by atoms with Gasteiger partial charge in [-0.1, -0.05) is 0 Å². The van der Waals surface area contributed by atoms with Crippen LogP contribution in [0.4, 0.5) is 0 Å². The Hall–Kier alpha value is 5.35. The fourth-order valence-corrected chi connectivity index (χ4v) is 0. The van der Waals surface area contributed by atoms with Gasteiger partial charge in [-0.2, -0.15) is 0 Å². The Morgan fingerprint density at radius 1 is 1.00 bits per heavy atom. The van der Waals surface area contributed by atoms with Gasteiger partial charge in [-0.25, -0.2) is 0 Å². The second kappa shape index (κ2) is 42.5. The van der Waals surface area contributed by atoms with Crippen LogP contribution in [0.3, 0.4) is 0 Å². The van der Waals surface area contributed by atoms with Crippen LogP contribution in [-0.4, -0.2) is 82.7 Å². The molecule has 0 N–H and O–H groups in total. The summed E-state index contributed by atoms with van der Waals surface area (Å²) in [5.41, 5.74) is 0. The Morgan fingerprint density at radius 2 is 1.00 bits per heavy atom. The van der Waals surface area contributed by atoms with E-state index in [1.54, 1.807) is 0 Å². The molecule has 0 rings (SSSR count). The summed E-state index contributed by atoms with van der Waals surface area (Å²) in [7, 11) is 0. The van der Waals surface area contributed by atoms with E-state index in [0.29, 0.717) is 0 Å². The third kappa shape index (κ3) is 34.7. The normalized spacial score (nSPS) is 0. The maximum atomic E-state index is 0. The van der Waals surface area contributed by atoms with Crippen LogP contribution < -0.4 is 0 Å². The van der Waals surface area contributed by atoms with Gasteiger partial charge in [-0.15, -0.1) is 0 Å². The fourth-order valence-electron chi connectivity index (χ4n) is 0. The molecule has 7 heteroatoms. The molecule has 7 heavy (non-hydrogen) atoms. The van der Waals surface area contributed by atoms with Gasteiger partial charge in [0, 0.05) is 82.3 Å². The van der Waals surface area contributed by atoms with Crippen LogP contribution in [0.1, 0.15) is 2.85 Å². The van der Waals surface area contributed by atoms with Crippen LogP contribution >= 0.6 is 0 Å². The molecule has 0 aliphatic carbocycles. The Balaban J connectivity index is 0. The molecule has 0 heterocycles. The standard InChI is InChI=1S/AsH3.Be.2Cd.Hg.Pb.Tl.5H/h1H3;;;;;;;;;;;/q;+2;;;;;;;;;2*-1.